The Hall–Kier alpha value is -1.53. The molecule has 23 heavy (non-hydrogen) atoms. The number of nitrogens with one attached hydrogen (secondary N) is 2. The molecule has 2 N–H and O–H groups in total. The van der Waals surface area contributed by atoms with Gasteiger partial charge in [-0.05, 0) is 12.5 Å². The maximum absolute atomic E-state index is 12.6. The Morgan fingerprint density at radius 2 is 1.96 bits per heavy atom. The number of sulfone groups is 1. The van der Waals surface area contributed by atoms with E-state index in [1.165, 1.54) is 0 Å². The number of aromatic amines is 1. The summed E-state index contributed by atoms with van der Waals surface area (Å²) >= 11 is 0. The monoisotopic (exact) mass is 335 g/mol. The maximum atomic E-state index is 12.6. The lowest BCUT2D eigenvalue weighted by molar-refractivity contribution is 0.590. The van der Waals surface area contributed by atoms with Gasteiger partial charge in [-0.15, -0.1) is 0 Å². The molecule has 1 aliphatic rings. The van der Waals surface area contributed by atoms with Crippen molar-refractivity contribution in [2.45, 2.75) is 31.1 Å². The third kappa shape index (κ3) is 3.38. The van der Waals surface area contributed by atoms with Crippen LogP contribution in [0.3, 0.4) is 0 Å². The average Bonchev–Trinajstić information content (AvgIpc) is 3.00. The fourth-order valence-electron chi connectivity index (χ4n) is 3.19. The van der Waals surface area contributed by atoms with Gasteiger partial charge in [-0.2, -0.15) is 0 Å². The Kier molecular flexibility index (Phi) is 4.92. The van der Waals surface area contributed by atoms with E-state index >= 15 is 0 Å². The third-order valence-corrected chi connectivity index (χ3v) is 6.30. The van der Waals surface area contributed by atoms with Crippen molar-refractivity contribution in [3.63, 3.8) is 0 Å². The number of piperazine rings is 1. The molecular weight excluding hydrogens is 310 g/mol. The number of H-pyrrole nitrogens is 1. The van der Waals surface area contributed by atoms with Gasteiger partial charge in [0.05, 0.1) is 21.9 Å². The van der Waals surface area contributed by atoms with Crippen LogP contribution < -0.4 is 10.2 Å². The SMILES string of the molecule is CCCCCS(=O)(=O)c1c[nH]c2c(N3CCNCC3)cccc12. The van der Waals surface area contributed by atoms with E-state index in [9.17, 15) is 8.42 Å². The molecule has 5 nitrogen and oxygen atoms in total. The summed E-state index contributed by atoms with van der Waals surface area (Å²) in [5.41, 5.74) is 2.03. The quantitative estimate of drug-likeness (QED) is 0.796. The van der Waals surface area contributed by atoms with Gasteiger partial charge < -0.3 is 15.2 Å². The van der Waals surface area contributed by atoms with Crippen molar-refractivity contribution in [3.05, 3.63) is 24.4 Å². The highest BCUT2D eigenvalue weighted by molar-refractivity contribution is 7.91. The summed E-state index contributed by atoms with van der Waals surface area (Å²) in [6.45, 7) is 5.88. The van der Waals surface area contributed by atoms with Gasteiger partial charge in [0.1, 0.15) is 0 Å². The number of rotatable bonds is 6. The Bertz CT molecular complexity index is 761. The standard InChI is InChI=1S/C17H25N3O2S/c1-2-3-4-12-23(21,22)16-13-19-17-14(16)6-5-7-15(17)20-10-8-18-9-11-20/h5-7,13,18-19H,2-4,8-12H2,1H3. The predicted molar refractivity (Wildman–Crippen MR) is 95.0 cm³/mol. The number of hydrogen-bond acceptors (Lipinski definition) is 4. The Morgan fingerprint density at radius 3 is 2.70 bits per heavy atom. The van der Waals surface area contributed by atoms with Crippen molar-refractivity contribution < 1.29 is 8.42 Å². The lowest BCUT2D eigenvalue weighted by atomic mass is 10.2. The van der Waals surface area contributed by atoms with E-state index in [4.69, 9.17) is 0 Å². The summed E-state index contributed by atoms with van der Waals surface area (Å²) in [5.74, 6) is 0.228. The van der Waals surface area contributed by atoms with Crippen LogP contribution in [0.2, 0.25) is 0 Å². The van der Waals surface area contributed by atoms with Crippen LogP contribution in [-0.2, 0) is 9.84 Å². The lowest BCUT2D eigenvalue weighted by Gasteiger charge is -2.29. The van der Waals surface area contributed by atoms with Crippen LogP contribution >= 0.6 is 0 Å². The number of aromatic nitrogens is 1. The van der Waals surface area contributed by atoms with Crippen molar-refractivity contribution in [2.24, 2.45) is 0 Å². The number of para-hydroxylation sites is 1. The van der Waals surface area contributed by atoms with Crippen LogP contribution in [0.25, 0.3) is 10.9 Å². The first kappa shape index (κ1) is 16.3. The van der Waals surface area contributed by atoms with Gasteiger partial charge in [0.25, 0.3) is 0 Å². The molecule has 1 fully saturated rings. The highest BCUT2D eigenvalue weighted by Crippen LogP contribution is 2.31. The molecule has 1 aromatic carbocycles. The minimum absolute atomic E-state index is 0.228. The number of hydrogen-bond donors (Lipinski definition) is 2. The van der Waals surface area contributed by atoms with Gasteiger partial charge in [-0.3, -0.25) is 0 Å². The molecule has 2 aromatic rings. The third-order valence-electron chi connectivity index (χ3n) is 4.46. The summed E-state index contributed by atoms with van der Waals surface area (Å²) in [7, 11) is -3.23. The zero-order valence-electron chi connectivity index (χ0n) is 13.6. The first-order chi connectivity index (χ1) is 11.1. The molecule has 6 heteroatoms. The van der Waals surface area contributed by atoms with E-state index in [2.05, 4.69) is 28.2 Å². The summed E-state index contributed by atoms with van der Waals surface area (Å²) < 4.78 is 25.3. The molecule has 0 bridgehead atoms. The summed E-state index contributed by atoms with van der Waals surface area (Å²) in [5, 5.41) is 4.16. The van der Waals surface area contributed by atoms with E-state index in [0.29, 0.717) is 4.90 Å². The highest BCUT2D eigenvalue weighted by atomic mass is 32.2. The van der Waals surface area contributed by atoms with Crippen LogP contribution in [0.5, 0.6) is 0 Å². The Morgan fingerprint density at radius 1 is 1.17 bits per heavy atom. The molecule has 2 heterocycles. The van der Waals surface area contributed by atoms with Crippen molar-refractivity contribution in [1.82, 2.24) is 10.3 Å². The number of fused-ring (bicyclic) bond motifs is 1. The van der Waals surface area contributed by atoms with Crippen LogP contribution in [0.15, 0.2) is 29.3 Å². The minimum Gasteiger partial charge on any atom is -0.367 e. The molecule has 1 aromatic heterocycles. The van der Waals surface area contributed by atoms with Gasteiger partial charge in [0, 0.05) is 37.8 Å². The molecule has 3 rings (SSSR count). The van der Waals surface area contributed by atoms with Gasteiger partial charge in [0.15, 0.2) is 9.84 Å². The second-order valence-corrected chi connectivity index (χ2v) is 8.19. The molecule has 0 radical (unpaired) electrons. The van der Waals surface area contributed by atoms with Crippen molar-refractivity contribution in [3.8, 4) is 0 Å². The normalized spacial score (nSPS) is 16.1. The van der Waals surface area contributed by atoms with Crippen molar-refractivity contribution in [1.29, 1.82) is 0 Å². The molecule has 0 unspecified atom stereocenters. The maximum Gasteiger partial charge on any atom is 0.180 e. The highest BCUT2D eigenvalue weighted by Gasteiger charge is 2.21. The average molecular weight is 335 g/mol. The molecule has 126 valence electrons. The second-order valence-electron chi connectivity index (χ2n) is 6.12. The fraction of sp³-hybridized carbons (Fsp3) is 0.529. The Balaban J connectivity index is 1.95. The van der Waals surface area contributed by atoms with Gasteiger partial charge in [-0.1, -0.05) is 31.9 Å². The fourth-order valence-corrected chi connectivity index (χ4v) is 4.74. The molecular formula is C17H25N3O2S. The molecule has 1 saturated heterocycles. The lowest BCUT2D eigenvalue weighted by Crippen LogP contribution is -2.43. The molecule has 0 saturated carbocycles. The van der Waals surface area contributed by atoms with Gasteiger partial charge in [-0.25, -0.2) is 8.42 Å². The first-order valence-corrected chi connectivity index (χ1v) is 10.1. The minimum atomic E-state index is -3.23. The molecule has 0 atom stereocenters. The number of benzene rings is 1. The van der Waals surface area contributed by atoms with E-state index in [1.807, 2.05) is 12.1 Å². The van der Waals surface area contributed by atoms with E-state index in [0.717, 1.165) is 62.0 Å². The first-order valence-electron chi connectivity index (χ1n) is 8.42. The molecule has 0 amide bonds. The summed E-state index contributed by atoms with van der Waals surface area (Å²) in [6, 6.07) is 5.93. The number of unbranched alkanes of at least 4 members (excludes halogenated alkanes) is 2. The molecule has 0 spiro atoms. The van der Waals surface area contributed by atoms with Crippen LogP contribution in [0.4, 0.5) is 5.69 Å². The summed E-state index contributed by atoms with van der Waals surface area (Å²) in [4.78, 5) is 5.96. The second kappa shape index (κ2) is 6.93. The Labute approximate surface area is 138 Å². The van der Waals surface area contributed by atoms with E-state index in [1.54, 1.807) is 6.20 Å². The van der Waals surface area contributed by atoms with Crippen LogP contribution in [0, 0.1) is 0 Å². The van der Waals surface area contributed by atoms with Crippen molar-refractivity contribution >= 4 is 26.4 Å². The smallest absolute Gasteiger partial charge is 0.180 e. The van der Waals surface area contributed by atoms with Gasteiger partial charge >= 0.3 is 0 Å². The molecule has 0 aliphatic carbocycles. The summed E-state index contributed by atoms with van der Waals surface area (Å²) in [6.07, 6.45) is 4.37. The number of anilines is 1. The van der Waals surface area contributed by atoms with Gasteiger partial charge in [0.2, 0.25) is 0 Å². The zero-order valence-corrected chi connectivity index (χ0v) is 14.5. The van der Waals surface area contributed by atoms with Crippen LogP contribution in [0.1, 0.15) is 26.2 Å². The van der Waals surface area contributed by atoms with Crippen LogP contribution in [-0.4, -0.2) is 45.3 Å². The number of nitrogens with zero attached hydrogens (tertiary/aromatic N) is 1. The van der Waals surface area contributed by atoms with E-state index < -0.39 is 9.84 Å². The van der Waals surface area contributed by atoms with E-state index in [-0.39, 0.29) is 5.75 Å². The molecule has 1 aliphatic heterocycles. The van der Waals surface area contributed by atoms with Crippen molar-refractivity contribution in [2.75, 3.05) is 36.8 Å². The largest absolute Gasteiger partial charge is 0.367 e. The topological polar surface area (TPSA) is 65.2 Å². The predicted octanol–water partition coefficient (Wildman–Crippen LogP) is 2.54. The zero-order chi connectivity index (χ0) is 16.3.